The van der Waals surface area contributed by atoms with E-state index in [1.165, 1.54) is 25.1 Å². The van der Waals surface area contributed by atoms with Crippen molar-refractivity contribution < 1.29 is 17.9 Å². The molecule has 0 aliphatic carbocycles. The van der Waals surface area contributed by atoms with Crippen molar-refractivity contribution in [1.82, 2.24) is 14.5 Å². The molecule has 1 N–H and O–H groups in total. The van der Waals surface area contributed by atoms with Crippen molar-refractivity contribution >= 4 is 10.0 Å². The highest BCUT2D eigenvalue weighted by Crippen LogP contribution is 2.16. The Morgan fingerprint density at radius 1 is 1.23 bits per heavy atom. The summed E-state index contributed by atoms with van der Waals surface area (Å²) in [6, 6.07) is 9.31. The van der Waals surface area contributed by atoms with Crippen LogP contribution in [-0.4, -0.2) is 45.3 Å². The van der Waals surface area contributed by atoms with Crippen molar-refractivity contribution in [2.45, 2.75) is 18.1 Å². The molecule has 22 heavy (non-hydrogen) atoms. The number of nitrogens with one attached hydrogen (secondary N) is 1. The van der Waals surface area contributed by atoms with Gasteiger partial charge in [-0.25, -0.2) is 17.8 Å². The second kappa shape index (κ2) is 7.01. The zero-order valence-electron chi connectivity index (χ0n) is 12.7. The van der Waals surface area contributed by atoms with E-state index in [-0.39, 0.29) is 11.4 Å². The average Bonchev–Trinajstić information content (AvgIpc) is 2.92. The molecule has 0 aliphatic heterocycles. The molecule has 0 saturated heterocycles. The van der Waals surface area contributed by atoms with E-state index in [2.05, 4.69) is 9.82 Å². The summed E-state index contributed by atoms with van der Waals surface area (Å²) in [5.74, 6) is 0. The third kappa shape index (κ3) is 3.72. The smallest absolute Gasteiger partial charge is 0.244 e. The summed E-state index contributed by atoms with van der Waals surface area (Å²) in [7, 11) is -0.796. The first-order valence-corrected chi connectivity index (χ1v) is 8.13. The molecule has 0 amide bonds. The van der Waals surface area contributed by atoms with Gasteiger partial charge in [0.1, 0.15) is 4.90 Å². The summed E-state index contributed by atoms with van der Waals surface area (Å²) in [5, 5.41) is 4.25. The molecule has 120 valence electrons. The highest BCUT2D eigenvalue weighted by atomic mass is 32.2. The Bertz CT molecular complexity index is 709. The Morgan fingerprint density at radius 3 is 2.45 bits per heavy atom. The first-order chi connectivity index (χ1) is 10.5. The molecule has 0 unspecified atom stereocenters. The van der Waals surface area contributed by atoms with Gasteiger partial charge in [-0.1, -0.05) is 18.2 Å². The van der Waals surface area contributed by atoms with Gasteiger partial charge in [0.15, 0.2) is 6.29 Å². The van der Waals surface area contributed by atoms with Crippen LogP contribution >= 0.6 is 0 Å². The van der Waals surface area contributed by atoms with Gasteiger partial charge in [-0.15, -0.1) is 0 Å². The van der Waals surface area contributed by atoms with E-state index in [1.54, 1.807) is 6.92 Å². The van der Waals surface area contributed by atoms with Crippen LogP contribution in [0.1, 0.15) is 5.69 Å². The van der Waals surface area contributed by atoms with E-state index in [4.69, 9.17) is 9.47 Å². The molecule has 2 rings (SSSR count). The Kier molecular flexibility index (Phi) is 5.30. The summed E-state index contributed by atoms with van der Waals surface area (Å²) in [6.45, 7) is 1.67. The standard InChI is InChI=1S/C14H19N3O4S/c1-11-13(22(18,19)15-9-14(20-2)21-3)10-17(16-11)12-7-5-4-6-8-12/h4-8,10,14-15H,9H2,1-3H3. The van der Waals surface area contributed by atoms with Gasteiger partial charge >= 0.3 is 0 Å². The number of sulfonamides is 1. The lowest BCUT2D eigenvalue weighted by Crippen LogP contribution is -2.34. The second-order valence-electron chi connectivity index (χ2n) is 4.61. The minimum atomic E-state index is -3.69. The van der Waals surface area contributed by atoms with Crippen LogP contribution in [0.5, 0.6) is 0 Å². The molecule has 0 spiro atoms. The number of nitrogens with zero attached hydrogens (tertiary/aromatic N) is 2. The van der Waals surface area contributed by atoms with Gasteiger partial charge in [0.05, 0.1) is 24.1 Å². The van der Waals surface area contributed by atoms with Gasteiger partial charge in [-0.2, -0.15) is 5.10 Å². The van der Waals surface area contributed by atoms with Crippen molar-refractivity contribution in [1.29, 1.82) is 0 Å². The maximum atomic E-state index is 12.4. The van der Waals surface area contributed by atoms with Gasteiger partial charge in [0.25, 0.3) is 0 Å². The quantitative estimate of drug-likeness (QED) is 0.770. The zero-order chi connectivity index (χ0) is 16.2. The molecule has 2 aromatic rings. The molecule has 1 heterocycles. The lowest BCUT2D eigenvalue weighted by Gasteiger charge is -2.13. The number of para-hydroxylation sites is 1. The Balaban J connectivity index is 2.23. The monoisotopic (exact) mass is 325 g/mol. The summed E-state index contributed by atoms with van der Waals surface area (Å²) in [5.41, 5.74) is 1.21. The van der Waals surface area contributed by atoms with E-state index in [0.29, 0.717) is 5.69 Å². The van der Waals surface area contributed by atoms with Gasteiger partial charge in [0.2, 0.25) is 10.0 Å². The van der Waals surface area contributed by atoms with Crippen molar-refractivity contribution in [3.05, 3.63) is 42.2 Å². The molecule has 0 aliphatic rings. The second-order valence-corrected chi connectivity index (χ2v) is 6.35. The van der Waals surface area contributed by atoms with Crippen LogP contribution in [0, 0.1) is 6.92 Å². The highest BCUT2D eigenvalue weighted by molar-refractivity contribution is 7.89. The number of hydrogen-bond donors (Lipinski definition) is 1. The fourth-order valence-corrected chi connectivity index (χ4v) is 3.12. The molecule has 1 aromatic carbocycles. The number of hydrogen-bond acceptors (Lipinski definition) is 5. The largest absolute Gasteiger partial charge is 0.355 e. The molecule has 0 atom stereocenters. The van der Waals surface area contributed by atoms with Gasteiger partial charge < -0.3 is 9.47 Å². The first-order valence-electron chi connectivity index (χ1n) is 6.65. The van der Waals surface area contributed by atoms with Crippen LogP contribution < -0.4 is 4.72 Å². The molecule has 0 radical (unpaired) electrons. The van der Waals surface area contributed by atoms with E-state index in [0.717, 1.165) is 5.69 Å². The average molecular weight is 325 g/mol. The van der Waals surface area contributed by atoms with E-state index < -0.39 is 16.3 Å². The molecule has 8 heteroatoms. The predicted molar refractivity (Wildman–Crippen MR) is 81.3 cm³/mol. The zero-order valence-corrected chi connectivity index (χ0v) is 13.5. The van der Waals surface area contributed by atoms with Crippen LogP contribution in [0.2, 0.25) is 0 Å². The maximum absolute atomic E-state index is 12.4. The minimum absolute atomic E-state index is 0.0191. The molecule has 0 saturated carbocycles. The molecule has 7 nitrogen and oxygen atoms in total. The molecular formula is C14H19N3O4S. The number of ether oxygens (including phenoxy) is 2. The van der Waals surface area contributed by atoms with Crippen LogP contribution in [0.15, 0.2) is 41.4 Å². The van der Waals surface area contributed by atoms with E-state index >= 15 is 0 Å². The fraction of sp³-hybridized carbons (Fsp3) is 0.357. The Labute approximate surface area is 129 Å². The van der Waals surface area contributed by atoms with Crippen LogP contribution in [0.25, 0.3) is 5.69 Å². The molecule has 0 bridgehead atoms. The topological polar surface area (TPSA) is 82.5 Å². The number of aromatic nitrogens is 2. The van der Waals surface area contributed by atoms with Crippen molar-refractivity contribution in [3.8, 4) is 5.69 Å². The number of methoxy groups -OCH3 is 2. The normalized spacial score (nSPS) is 12.0. The third-order valence-electron chi connectivity index (χ3n) is 3.13. The lowest BCUT2D eigenvalue weighted by atomic mass is 10.3. The van der Waals surface area contributed by atoms with Crippen molar-refractivity contribution in [2.75, 3.05) is 20.8 Å². The Hall–Kier alpha value is -1.74. The van der Waals surface area contributed by atoms with E-state index in [9.17, 15) is 8.42 Å². The summed E-state index contributed by atoms with van der Waals surface area (Å²) >= 11 is 0. The predicted octanol–water partition coefficient (Wildman–Crippen LogP) is 1.08. The molecule has 1 aromatic heterocycles. The number of aryl methyl sites for hydroxylation is 1. The van der Waals surface area contributed by atoms with Gasteiger partial charge in [-0.05, 0) is 19.1 Å². The highest BCUT2D eigenvalue weighted by Gasteiger charge is 2.22. The maximum Gasteiger partial charge on any atom is 0.244 e. The molecule has 0 fully saturated rings. The third-order valence-corrected chi connectivity index (χ3v) is 4.66. The Morgan fingerprint density at radius 2 is 1.86 bits per heavy atom. The first kappa shape index (κ1) is 16.6. The van der Waals surface area contributed by atoms with Crippen molar-refractivity contribution in [2.24, 2.45) is 0 Å². The van der Waals surface area contributed by atoms with Crippen molar-refractivity contribution in [3.63, 3.8) is 0 Å². The van der Waals surface area contributed by atoms with Gasteiger partial charge in [0, 0.05) is 14.2 Å². The van der Waals surface area contributed by atoms with Crippen LogP contribution in [-0.2, 0) is 19.5 Å². The summed E-state index contributed by atoms with van der Waals surface area (Å²) < 4.78 is 38.6. The number of benzene rings is 1. The summed E-state index contributed by atoms with van der Waals surface area (Å²) in [4.78, 5) is 0.127. The van der Waals surface area contributed by atoms with E-state index in [1.807, 2.05) is 30.3 Å². The van der Waals surface area contributed by atoms with Gasteiger partial charge in [-0.3, -0.25) is 0 Å². The van der Waals surface area contributed by atoms with Crippen LogP contribution in [0.3, 0.4) is 0 Å². The number of rotatable bonds is 7. The summed E-state index contributed by atoms with van der Waals surface area (Å²) in [6.07, 6.45) is 0.848. The SMILES string of the molecule is COC(CNS(=O)(=O)c1cn(-c2ccccc2)nc1C)OC. The van der Waals surface area contributed by atoms with Crippen LogP contribution in [0.4, 0.5) is 0 Å². The minimum Gasteiger partial charge on any atom is -0.355 e. The molecular weight excluding hydrogens is 306 g/mol. The fourth-order valence-electron chi connectivity index (χ4n) is 1.94. The lowest BCUT2D eigenvalue weighted by molar-refractivity contribution is -0.0960.